The van der Waals surface area contributed by atoms with Gasteiger partial charge in [-0.15, -0.1) is 21.5 Å². The van der Waals surface area contributed by atoms with Crippen molar-refractivity contribution in [3.05, 3.63) is 81.2 Å². The first-order valence-corrected chi connectivity index (χ1v) is 11.0. The quantitative estimate of drug-likeness (QED) is 0.387. The fourth-order valence-corrected chi connectivity index (χ4v) is 5.18. The second-order valence-electron chi connectivity index (χ2n) is 6.85. The van der Waals surface area contributed by atoms with Crippen molar-refractivity contribution in [1.82, 2.24) is 19.7 Å². The Kier molecular flexibility index (Phi) is 5.59. The lowest BCUT2D eigenvalue weighted by molar-refractivity contribution is 0.721. The Balaban J connectivity index is 1.66. The summed E-state index contributed by atoms with van der Waals surface area (Å²) in [5.41, 5.74) is 6.20. The Morgan fingerprint density at radius 3 is 2.50 bits per heavy atom. The molecule has 4 rings (SSSR count). The minimum absolute atomic E-state index is 0.755. The van der Waals surface area contributed by atoms with Gasteiger partial charge in [0.1, 0.15) is 5.69 Å². The van der Waals surface area contributed by atoms with Gasteiger partial charge in [0.25, 0.3) is 0 Å². The van der Waals surface area contributed by atoms with E-state index in [1.807, 2.05) is 18.2 Å². The third-order valence-electron chi connectivity index (χ3n) is 4.69. The zero-order valence-corrected chi connectivity index (χ0v) is 17.8. The van der Waals surface area contributed by atoms with Crippen molar-refractivity contribution >= 4 is 23.1 Å². The highest BCUT2D eigenvalue weighted by Gasteiger charge is 2.17. The van der Waals surface area contributed by atoms with E-state index in [0.29, 0.717) is 0 Å². The maximum absolute atomic E-state index is 4.51. The van der Waals surface area contributed by atoms with Gasteiger partial charge in [0, 0.05) is 16.8 Å². The molecule has 0 aliphatic rings. The summed E-state index contributed by atoms with van der Waals surface area (Å²) in [7, 11) is 0. The van der Waals surface area contributed by atoms with Gasteiger partial charge in [-0.3, -0.25) is 9.55 Å². The molecule has 0 radical (unpaired) electrons. The summed E-state index contributed by atoms with van der Waals surface area (Å²) in [6, 6.07) is 14.6. The number of thiophene rings is 1. The molecule has 4 nitrogen and oxygen atoms in total. The Morgan fingerprint density at radius 1 is 1.00 bits per heavy atom. The molecule has 4 aromatic rings. The molecule has 142 valence electrons. The standard InChI is InChI=1S/C22H22N4S2/c1-15-11-16(2)19(17(3)12-15)14-28-22-25-24-21(20-8-4-5-9-23-20)26(22)13-18-7-6-10-27-18/h4-12H,13-14H2,1-3H3. The largest absolute Gasteiger partial charge is 0.295 e. The van der Waals surface area contributed by atoms with Gasteiger partial charge in [-0.2, -0.15) is 0 Å². The van der Waals surface area contributed by atoms with Gasteiger partial charge in [-0.1, -0.05) is 41.6 Å². The average molecular weight is 407 g/mol. The molecule has 28 heavy (non-hydrogen) atoms. The molecule has 0 atom stereocenters. The number of rotatable bonds is 6. The number of benzene rings is 1. The second-order valence-corrected chi connectivity index (χ2v) is 8.83. The van der Waals surface area contributed by atoms with Crippen LogP contribution in [0.3, 0.4) is 0 Å². The molecule has 0 aliphatic carbocycles. The number of aryl methyl sites for hydroxylation is 3. The summed E-state index contributed by atoms with van der Waals surface area (Å²) < 4.78 is 2.18. The van der Waals surface area contributed by atoms with Crippen LogP contribution in [-0.2, 0) is 12.3 Å². The summed E-state index contributed by atoms with van der Waals surface area (Å²) in [6.45, 7) is 7.27. The van der Waals surface area contributed by atoms with Crippen molar-refractivity contribution in [1.29, 1.82) is 0 Å². The van der Waals surface area contributed by atoms with Crippen LogP contribution in [0.5, 0.6) is 0 Å². The number of aromatic nitrogens is 4. The van der Waals surface area contributed by atoms with E-state index in [0.717, 1.165) is 29.0 Å². The smallest absolute Gasteiger partial charge is 0.192 e. The Labute approximate surface area is 173 Å². The van der Waals surface area contributed by atoms with E-state index < -0.39 is 0 Å². The van der Waals surface area contributed by atoms with Gasteiger partial charge in [-0.25, -0.2) is 0 Å². The highest BCUT2D eigenvalue weighted by atomic mass is 32.2. The zero-order valence-electron chi connectivity index (χ0n) is 16.2. The molecule has 0 aliphatic heterocycles. The van der Waals surface area contributed by atoms with Gasteiger partial charge < -0.3 is 0 Å². The van der Waals surface area contributed by atoms with Crippen LogP contribution in [0.15, 0.2) is 59.2 Å². The van der Waals surface area contributed by atoms with Crippen LogP contribution in [-0.4, -0.2) is 19.7 Å². The van der Waals surface area contributed by atoms with Gasteiger partial charge >= 0.3 is 0 Å². The zero-order chi connectivity index (χ0) is 19.5. The van der Waals surface area contributed by atoms with Gasteiger partial charge in [-0.05, 0) is 61.0 Å². The molecule has 0 N–H and O–H groups in total. The molecule has 3 aromatic heterocycles. The summed E-state index contributed by atoms with van der Waals surface area (Å²) in [4.78, 5) is 5.76. The number of thioether (sulfide) groups is 1. The fraction of sp³-hybridized carbons (Fsp3) is 0.227. The molecule has 0 amide bonds. The maximum Gasteiger partial charge on any atom is 0.192 e. The Morgan fingerprint density at radius 2 is 1.82 bits per heavy atom. The lowest BCUT2D eigenvalue weighted by atomic mass is 10.0. The van der Waals surface area contributed by atoms with E-state index in [1.54, 1.807) is 29.3 Å². The summed E-state index contributed by atoms with van der Waals surface area (Å²) in [6.07, 6.45) is 1.80. The number of hydrogen-bond acceptors (Lipinski definition) is 5. The number of pyridine rings is 1. The van der Waals surface area contributed by atoms with Gasteiger partial charge in [0.2, 0.25) is 0 Å². The molecule has 1 aromatic carbocycles. The lowest BCUT2D eigenvalue weighted by Gasteiger charge is -2.12. The molecule has 3 heterocycles. The van der Waals surface area contributed by atoms with Crippen molar-refractivity contribution < 1.29 is 0 Å². The molecule has 0 saturated heterocycles. The molecule has 0 unspecified atom stereocenters. The van der Waals surface area contributed by atoms with E-state index in [1.165, 1.54) is 27.1 Å². The predicted molar refractivity (Wildman–Crippen MR) is 117 cm³/mol. The summed E-state index contributed by atoms with van der Waals surface area (Å²) in [5, 5.41) is 12.0. The Bertz CT molecular complexity index is 1050. The molecule has 6 heteroatoms. The number of hydrogen-bond donors (Lipinski definition) is 0. The van der Waals surface area contributed by atoms with Crippen molar-refractivity contribution in [3.63, 3.8) is 0 Å². The monoisotopic (exact) mass is 406 g/mol. The second kappa shape index (κ2) is 8.29. The van der Waals surface area contributed by atoms with Crippen LogP contribution < -0.4 is 0 Å². The summed E-state index contributed by atoms with van der Waals surface area (Å²) in [5.74, 6) is 1.69. The third kappa shape index (κ3) is 4.03. The predicted octanol–water partition coefficient (Wildman–Crippen LogP) is 5.67. The lowest BCUT2D eigenvalue weighted by Crippen LogP contribution is -2.04. The third-order valence-corrected chi connectivity index (χ3v) is 6.55. The van der Waals surface area contributed by atoms with E-state index in [-0.39, 0.29) is 0 Å². The molecular weight excluding hydrogens is 384 g/mol. The van der Waals surface area contributed by atoms with Gasteiger partial charge in [0.15, 0.2) is 11.0 Å². The topological polar surface area (TPSA) is 43.6 Å². The van der Waals surface area contributed by atoms with Crippen molar-refractivity contribution in [3.8, 4) is 11.5 Å². The normalized spacial score (nSPS) is 11.1. The molecule has 0 bridgehead atoms. The maximum atomic E-state index is 4.51. The molecule has 0 spiro atoms. The van der Waals surface area contributed by atoms with Crippen LogP contribution in [0.25, 0.3) is 11.5 Å². The minimum atomic E-state index is 0.755. The van der Waals surface area contributed by atoms with Crippen LogP contribution in [0.2, 0.25) is 0 Å². The first-order valence-electron chi connectivity index (χ1n) is 9.18. The van der Waals surface area contributed by atoms with Crippen molar-refractivity contribution in [2.24, 2.45) is 0 Å². The molecular formula is C22H22N4S2. The average Bonchev–Trinajstić information content (AvgIpc) is 3.32. The fourth-order valence-electron chi connectivity index (χ4n) is 3.36. The summed E-state index contributed by atoms with van der Waals surface area (Å²) >= 11 is 3.49. The molecule has 0 saturated carbocycles. The van der Waals surface area contributed by atoms with Crippen molar-refractivity contribution in [2.45, 2.75) is 38.2 Å². The van der Waals surface area contributed by atoms with E-state index in [4.69, 9.17) is 0 Å². The van der Waals surface area contributed by atoms with E-state index >= 15 is 0 Å². The Hall–Kier alpha value is -2.44. The van der Waals surface area contributed by atoms with Crippen molar-refractivity contribution in [2.75, 3.05) is 0 Å². The SMILES string of the molecule is Cc1cc(C)c(CSc2nnc(-c3ccccn3)n2Cc2cccs2)c(C)c1. The van der Waals surface area contributed by atoms with E-state index in [2.05, 4.69) is 70.2 Å². The first-order chi connectivity index (χ1) is 13.6. The van der Waals surface area contributed by atoms with Crippen LogP contribution in [0.1, 0.15) is 27.1 Å². The highest BCUT2D eigenvalue weighted by Crippen LogP contribution is 2.29. The van der Waals surface area contributed by atoms with Crippen LogP contribution in [0.4, 0.5) is 0 Å². The minimum Gasteiger partial charge on any atom is -0.295 e. The molecule has 0 fully saturated rings. The first kappa shape index (κ1) is 18.9. The van der Waals surface area contributed by atoms with E-state index in [9.17, 15) is 0 Å². The van der Waals surface area contributed by atoms with Crippen LogP contribution >= 0.6 is 23.1 Å². The number of nitrogens with zero attached hydrogens (tertiary/aromatic N) is 4. The van der Waals surface area contributed by atoms with Gasteiger partial charge in [0.05, 0.1) is 6.54 Å². The van der Waals surface area contributed by atoms with Crippen LogP contribution in [0, 0.1) is 20.8 Å². The highest BCUT2D eigenvalue weighted by molar-refractivity contribution is 7.98.